The molecule has 2 amide bonds. The van der Waals surface area contributed by atoms with Crippen LogP contribution in [-0.2, 0) is 11.3 Å². The van der Waals surface area contributed by atoms with Crippen molar-refractivity contribution in [3.05, 3.63) is 101 Å². The predicted molar refractivity (Wildman–Crippen MR) is 202 cm³/mol. The van der Waals surface area contributed by atoms with E-state index >= 15 is 0 Å². The van der Waals surface area contributed by atoms with E-state index in [4.69, 9.17) is 20.2 Å². The number of aliphatic imine (C=N–C) groups is 1. The highest BCUT2D eigenvalue weighted by Crippen LogP contribution is 2.39. The minimum absolute atomic E-state index is 0.166. The summed E-state index contributed by atoms with van der Waals surface area (Å²) in [6.07, 6.45) is 7.25. The van der Waals surface area contributed by atoms with Crippen molar-refractivity contribution in [3.63, 3.8) is 0 Å². The van der Waals surface area contributed by atoms with Crippen molar-refractivity contribution in [2.75, 3.05) is 39.9 Å². The van der Waals surface area contributed by atoms with E-state index in [1.165, 1.54) is 0 Å². The van der Waals surface area contributed by atoms with Gasteiger partial charge in [0.1, 0.15) is 17.7 Å². The van der Waals surface area contributed by atoms with Crippen molar-refractivity contribution in [2.24, 2.45) is 16.1 Å². The van der Waals surface area contributed by atoms with E-state index in [1.807, 2.05) is 63.4 Å². The first-order valence-corrected chi connectivity index (χ1v) is 18.4. The van der Waals surface area contributed by atoms with E-state index in [2.05, 4.69) is 66.3 Å². The number of allylic oxidation sites excluding steroid dienone is 1. The molecule has 0 radical (unpaired) electrons. The van der Waals surface area contributed by atoms with Crippen LogP contribution in [0.4, 0.5) is 10.5 Å². The second kappa shape index (κ2) is 15.4. The van der Waals surface area contributed by atoms with Crippen LogP contribution in [0.2, 0.25) is 0 Å². The summed E-state index contributed by atoms with van der Waals surface area (Å²) in [4.78, 5) is 23.2. The van der Waals surface area contributed by atoms with Crippen LogP contribution in [0.25, 0.3) is 5.65 Å². The number of morpholine rings is 1. The van der Waals surface area contributed by atoms with E-state index in [0.717, 1.165) is 98.3 Å². The Morgan fingerprint density at radius 3 is 2.60 bits per heavy atom. The summed E-state index contributed by atoms with van der Waals surface area (Å²) in [7, 11) is 2.14. The quantitative estimate of drug-likeness (QED) is 0.146. The number of benzene rings is 2. The van der Waals surface area contributed by atoms with Crippen LogP contribution in [0.5, 0.6) is 5.75 Å². The lowest BCUT2D eigenvalue weighted by Crippen LogP contribution is -2.42. The van der Waals surface area contributed by atoms with Gasteiger partial charge in [-0.25, -0.2) is 9.79 Å². The van der Waals surface area contributed by atoms with Crippen molar-refractivity contribution < 1.29 is 14.3 Å². The van der Waals surface area contributed by atoms with Crippen molar-refractivity contribution in [2.45, 2.75) is 71.2 Å². The molecule has 2 aromatic heterocycles. The third-order valence-corrected chi connectivity index (χ3v) is 10.3. The number of hydrogen-bond donors (Lipinski definition) is 3. The molecule has 2 aliphatic heterocycles. The fourth-order valence-corrected chi connectivity index (χ4v) is 7.26. The van der Waals surface area contributed by atoms with Gasteiger partial charge >= 0.3 is 6.03 Å². The molecule has 52 heavy (non-hydrogen) atoms. The lowest BCUT2D eigenvalue weighted by atomic mass is 9.85. The first-order valence-electron chi connectivity index (χ1n) is 18.4. The summed E-state index contributed by atoms with van der Waals surface area (Å²) in [6.45, 7) is 11.3. The summed E-state index contributed by atoms with van der Waals surface area (Å²) < 4.78 is 14.2. The number of amides is 2. The molecule has 2 aromatic carbocycles. The van der Waals surface area contributed by atoms with Gasteiger partial charge in [-0.1, -0.05) is 57.2 Å². The second-order valence-electron chi connectivity index (χ2n) is 15.2. The lowest BCUT2D eigenvalue weighted by molar-refractivity contribution is 0.0342. The van der Waals surface area contributed by atoms with Crippen LogP contribution in [0.3, 0.4) is 0 Å². The Bertz CT molecular complexity index is 1940. The van der Waals surface area contributed by atoms with Gasteiger partial charge in [-0.15, -0.1) is 10.2 Å². The number of rotatable bonds is 8. The molecule has 3 aliphatic rings. The number of pyridine rings is 1. The van der Waals surface area contributed by atoms with Gasteiger partial charge in [0.05, 0.1) is 37.2 Å². The second-order valence-corrected chi connectivity index (χ2v) is 15.2. The van der Waals surface area contributed by atoms with Gasteiger partial charge in [-0.2, -0.15) is 0 Å². The summed E-state index contributed by atoms with van der Waals surface area (Å²) >= 11 is 0. The van der Waals surface area contributed by atoms with Crippen LogP contribution in [0.15, 0.2) is 83.6 Å². The third kappa shape index (κ3) is 8.30. The summed E-state index contributed by atoms with van der Waals surface area (Å²) in [5.41, 5.74) is 11.6. The molecular formula is C40H51N9O3. The SMILES string of the molecule is CN1CCC[C@H]1c1nnc2ccc(O[C@@H]3CC[C@H](NC(=O)NC(/C=C(\N)C(C)(C)C)=Nc4cccc(CN5CCOCC5)c4)c4ccccc43)cn12. The monoisotopic (exact) mass is 705 g/mol. The molecule has 7 rings (SSSR count). The number of carbonyl (C=O) groups is 1. The molecule has 12 nitrogen and oxygen atoms in total. The molecule has 0 saturated carbocycles. The number of fused-ring (bicyclic) bond motifs is 2. The number of amidine groups is 1. The molecule has 0 spiro atoms. The van der Waals surface area contributed by atoms with Gasteiger partial charge in [-0.3, -0.25) is 19.5 Å². The third-order valence-electron chi connectivity index (χ3n) is 10.3. The standard InChI is InChI=1S/C40H51N9O3/c1-40(2,3)35(41)24-36(42-28-10-7-9-27(23-28)25-48-19-21-51-22-20-48)44-39(50)43-32-15-16-34(31-12-6-5-11-30(31)32)52-29-14-17-37-45-46-38(49(37)26-29)33-13-8-18-47(33)4/h5-7,9-12,14,17,23-24,26,32-34H,8,13,15-16,18-22,25,41H2,1-4H3,(H2,42,43,44,50)/b35-24-/t32-,33-,34+/m0/s1. The minimum Gasteiger partial charge on any atom is -0.484 e. The zero-order chi connectivity index (χ0) is 36.2. The van der Waals surface area contributed by atoms with Gasteiger partial charge < -0.3 is 20.5 Å². The number of likely N-dealkylation sites (tertiary alicyclic amines) is 1. The van der Waals surface area contributed by atoms with Crippen LogP contribution in [0, 0.1) is 5.41 Å². The van der Waals surface area contributed by atoms with E-state index in [1.54, 1.807) is 6.08 Å². The minimum atomic E-state index is -0.345. The largest absolute Gasteiger partial charge is 0.484 e. The number of nitrogens with one attached hydrogen (secondary N) is 2. The summed E-state index contributed by atoms with van der Waals surface area (Å²) in [5.74, 6) is 2.09. The number of carbonyl (C=O) groups excluding carboxylic acids is 1. The molecule has 4 N–H and O–H groups in total. The molecule has 4 heterocycles. The van der Waals surface area contributed by atoms with Gasteiger partial charge in [0.2, 0.25) is 0 Å². The maximum absolute atomic E-state index is 13.7. The van der Waals surface area contributed by atoms with Crippen LogP contribution in [-0.4, -0.2) is 76.2 Å². The first-order chi connectivity index (χ1) is 25.1. The Kier molecular flexibility index (Phi) is 10.6. The maximum atomic E-state index is 13.7. The number of hydrogen-bond acceptors (Lipinski definition) is 9. The Hall–Kier alpha value is -4.78. The first kappa shape index (κ1) is 35.6. The highest BCUT2D eigenvalue weighted by molar-refractivity contribution is 6.05. The van der Waals surface area contributed by atoms with Crippen molar-refractivity contribution in [1.82, 2.24) is 35.0 Å². The van der Waals surface area contributed by atoms with E-state index in [9.17, 15) is 4.79 Å². The number of urea groups is 1. The fourth-order valence-electron chi connectivity index (χ4n) is 7.26. The highest BCUT2D eigenvalue weighted by Gasteiger charge is 2.31. The fraction of sp³-hybridized carbons (Fsp3) is 0.450. The van der Waals surface area contributed by atoms with Gasteiger partial charge in [0.15, 0.2) is 11.5 Å². The molecule has 0 bridgehead atoms. The van der Waals surface area contributed by atoms with E-state index in [0.29, 0.717) is 18.0 Å². The average molecular weight is 706 g/mol. The summed E-state index contributed by atoms with van der Waals surface area (Å²) in [5, 5.41) is 15.2. The zero-order valence-electron chi connectivity index (χ0n) is 30.7. The molecule has 12 heteroatoms. The van der Waals surface area contributed by atoms with Gasteiger partial charge in [-0.05, 0) is 80.2 Å². The van der Waals surface area contributed by atoms with Crippen LogP contribution < -0.4 is 21.1 Å². The Labute approximate surface area is 306 Å². The maximum Gasteiger partial charge on any atom is 0.320 e. The molecule has 2 saturated heterocycles. The van der Waals surface area contributed by atoms with Crippen molar-refractivity contribution >= 4 is 23.2 Å². The number of nitrogens with zero attached hydrogens (tertiary/aromatic N) is 6. The number of ether oxygens (including phenoxy) is 2. The van der Waals surface area contributed by atoms with Crippen LogP contribution >= 0.6 is 0 Å². The molecule has 274 valence electrons. The van der Waals surface area contributed by atoms with Crippen LogP contribution in [0.1, 0.15) is 87.2 Å². The molecule has 0 unspecified atom stereocenters. The predicted octanol–water partition coefficient (Wildman–Crippen LogP) is 6.20. The highest BCUT2D eigenvalue weighted by atomic mass is 16.5. The Balaban J connectivity index is 1.07. The average Bonchev–Trinajstić information content (AvgIpc) is 3.74. The molecule has 2 fully saturated rings. The number of aromatic nitrogens is 3. The molecular weight excluding hydrogens is 654 g/mol. The normalized spacial score (nSPS) is 22.0. The van der Waals surface area contributed by atoms with Gasteiger partial charge in [0, 0.05) is 36.8 Å². The van der Waals surface area contributed by atoms with Crippen molar-refractivity contribution in [3.8, 4) is 5.75 Å². The van der Waals surface area contributed by atoms with Crippen molar-refractivity contribution in [1.29, 1.82) is 0 Å². The summed E-state index contributed by atoms with van der Waals surface area (Å²) in [6, 6.07) is 19.9. The Morgan fingerprint density at radius 2 is 1.83 bits per heavy atom. The molecule has 3 atom stereocenters. The molecule has 1 aliphatic carbocycles. The van der Waals surface area contributed by atoms with Gasteiger partial charge in [0.25, 0.3) is 0 Å². The van der Waals surface area contributed by atoms with E-state index in [-0.39, 0.29) is 29.6 Å². The zero-order valence-corrected chi connectivity index (χ0v) is 30.7. The topological polar surface area (TPSA) is 135 Å². The smallest absolute Gasteiger partial charge is 0.320 e. The lowest BCUT2D eigenvalue weighted by Gasteiger charge is -2.32. The molecule has 4 aromatic rings. The van der Waals surface area contributed by atoms with E-state index < -0.39 is 0 Å². The Morgan fingerprint density at radius 1 is 1.02 bits per heavy atom. The number of nitrogens with two attached hydrogens (primary N) is 1.